The van der Waals surface area contributed by atoms with Gasteiger partial charge in [0.05, 0.1) is 41.9 Å². The molecule has 3 heterocycles. The molecule has 254 valence electrons. The van der Waals surface area contributed by atoms with E-state index in [2.05, 4.69) is 43.2 Å². The molecule has 0 spiro atoms. The molecule has 1 saturated heterocycles. The Balaban J connectivity index is 1.20. The number of aromatic nitrogens is 3. The lowest BCUT2D eigenvalue weighted by Gasteiger charge is -2.26. The lowest BCUT2D eigenvalue weighted by Crippen LogP contribution is -2.42. The minimum absolute atomic E-state index is 0.0717. The molecule has 13 nitrogen and oxygen atoms in total. The number of pyridine rings is 1. The third kappa shape index (κ3) is 9.58. The number of ether oxygens (including phenoxy) is 2. The second-order valence-corrected chi connectivity index (χ2v) is 11.7. The van der Waals surface area contributed by atoms with E-state index in [9.17, 15) is 14.7 Å². The number of nitrogens with one attached hydrogen (secondary N) is 4. The van der Waals surface area contributed by atoms with Crippen LogP contribution in [0.5, 0.6) is 11.5 Å². The quantitative estimate of drug-likeness (QED) is 0.109. The fraction of sp³-hybridized carbons (Fsp3) is 0.333. The Bertz CT molecular complexity index is 1700. The minimum Gasteiger partial charge on any atom is -0.456 e. The third-order valence-corrected chi connectivity index (χ3v) is 8.33. The second-order valence-electron chi connectivity index (χ2n) is 11.0. The SMILES string of the molecule is CCCCc1cc(NC(=O)Nc2ccc(Oc3ccnc(NC(=O)NCCN4CCOCC4)c3)c(Cl)c2Cl)n(-c2ccc(CO)cc2)n1. The summed E-state index contributed by atoms with van der Waals surface area (Å²) in [6, 6.07) is 14.5. The van der Waals surface area contributed by atoms with Crippen molar-refractivity contribution in [3.8, 4) is 17.2 Å². The average molecular weight is 698 g/mol. The molecule has 0 radical (unpaired) electrons. The number of urea groups is 2. The Hall–Kier alpha value is -4.40. The summed E-state index contributed by atoms with van der Waals surface area (Å²) in [6.45, 7) is 6.32. The van der Waals surface area contributed by atoms with Gasteiger partial charge in [0.15, 0.2) is 0 Å². The van der Waals surface area contributed by atoms with Gasteiger partial charge in [-0.2, -0.15) is 5.10 Å². The lowest BCUT2D eigenvalue weighted by atomic mass is 10.2. The fourth-order valence-corrected chi connectivity index (χ4v) is 5.31. The van der Waals surface area contributed by atoms with Gasteiger partial charge < -0.3 is 25.2 Å². The lowest BCUT2D eigenvalue weighted by molar-refractivity contribution is 0.0388. The van der Waals surface area contributed by atoms with Gasteiger partial charge in [0.2, 0.25) is 0 Å². The number of benzene rings is 2. The Labute approximate surface area is 288 Å². The Kier molecular flexibility index (Phi) is 12.5. The number of aliphatic hydroxyl groups is 1. The van der Waals surface area contributed by atoms with Gasteiger partial charge in [0.1, 0.15) is 28.2 Å². The Morgan fingerprint density at radius 1 is 0.979 bits per heavy atom. The number of aliphatic hydroxyl groups excluding tert-OH is 1. The smallest absolute Gasteiger partial charge is 0.324 e. The van der Waals surface area contributed by atoms with Crippen molar-refractivity contribution < 1.29 is 24.2 Å². The average Bonchev–Trinajstić information content (AvgIpc) is 3.49. The van der Waals surface area contributed by atoms with Crippen LogP contribution in [0.15, 0.2) is 60.8 Å². The van der Waals surface area contributed by atoms with Crippen LogP contribution in [0, 0.1) is 0 Å². The number of nitrogens with zero attached hydrogens (tertiary/aromatic N) is 4. The van der Waals surface area contributed by atoms with Crippen LogP contribution in [0.4, 0.5) is 26.9 Å². The summed E-state index contributed by atoms with van der Waals surface area (Å²) in [6.07, 6.45) is 4.21. The van der Waals surface area contributed by atoms with E-state index < -0.39 is 6.03 Å². The van der Waals surface area contributed by atoms with Crippen molar-refractivity contribution in [1.82, 2.24) is 25.0 Å². The van der Waals surface area contributed by atoms with Crippen molar-refractivity contribution in [2.45, 2.75) is 32.8 Å². The predicted octanol–water partition coefficient (Wildman–Crippen LogP) is 6.30. The largest absolute Gasteiger partial charge is 0.456 e. The first-order valence-corrected chi connectivity index (χ1v) is 16.4. The number of rotatable bonds is 13. The Morgan fingerprint density at radius 3 is 2.52 bits per heavy atom. The van der Waals surface area contributed by atoms with Gasteiger partial charge in [0, 0.05) is 44.5 Å². The third-order valence-electron chi connectivity index (χ3n) is 7.46. The van der Waals surface area contributed by atoms with Crippen molar-refractivity contribution in [3.63, 3.8) is 0 Å². The van der Waals surface area contributed by atoms with Gasteiger partial charge >= 0.3 is 12.1 Å². The highest BCUT2D eigenvalue weighted by Crippen LogP contribution is 2.39. The molecule has 0 unspecified atom stereocenters. The number of aryl methyl sites for hydroxylation is 1. The molecule has 0 atom stereocenters. The first-order valence-electron chi connectivity index (χ1n) is 15.7. The van der Waals surface area contributed by atoms with E-state index >= 15 is 0 Å². The number of hydrogen-bond donors (Lipinski definition) is 5. The van der Waals surface area contributed by atoms with E-state index in [4.69, 9.17) is 32.7 Å². The number of carbonyl (C=O) groups is 2. The maximum absolute atomic E-state index is 13.1. The number of morpholine rings is 1. The first kappa shape index (κ1) is 34.9. The van der Waals surface area contributed by atoms with Crippen molar-refractivity contribution in [1.29, 1.82) is 0 Å². The first-order chi connectivity index (χ1) is 23.3. The number of anilines is 3. The van der Waals surface area contributed by atoms with E-state index in [0.29, 0.717) is 31.3 Å². The second kappa shape index (κ2) is 17.1. The zero-order valence-corrected chi connectivity index (χ0v) is 28.0. The molecule has 0 aliphatic carbocycles. The number of unbranched alkanes of at least 4 members (excludes halogenated alkanes) is 1. The Morgan fingerprint density at radius 2 is 1.77 bits per heavy atom. The van der Waals surface area contributed by atoms with E-state index in [-0.39, 0.29) is 39.9 Å². The van der Waals surface area contributed by atoms with Gasteiger partial charge in [-0.15, -0.1) is 0 Å². The standard InChI is InChI=1S/C33H38Cl2N8O5/c1-2-3-4-23-19-29(43(41-23)24-7-5-22(21-44)6-8-24)40-33(46)38-26-9-10-27(31(35)30(26)34)48-25-11-12-36-28(20-25)39-32(45)37-13-14-42-15-17-47-18-16-42/h5-12,19-20,44H,2-4,13-18,21H2,1H3,(H2,38,40,46)(H2,36,37,39,45). The van der Waals surface area contributed by atoms with Gasteiger partial charge in [-0.25, -0.2) is 19.3 Å². The van der Waals surface area contributed by atoms with Gasteiger partial charge in [0.25, 0.3) is 0 Å². The van der Waals surface area contributed by atoms with Crippen LogP contribution in [0.2, 0.25) is 10.0 Å². The van der Waals surface area contributed by atoms with Crippen LogP contribution in [0.1, 0.15) is 31.0 Å². The van der Waals surface area contributed by atoms with Crippen LogP contribution in [-0.4, -0.2) is 76.2 Å². The highest BCUT2D eigenvalue weighted by Gasteiger charge is 2.17. The maximum atomic E-state index is 13.1. The van der Waals surface area contributed by atoms with Crippen LogP contribution in [0.3, 0.4) is 0 Å². The summed E-state index contributed by atoms with van der Waals surface area (Å²) in [4.78, 5) is 31.9. The summed E-state index contributed by atoms with van der Waals surface area (Å²) in [5.41, 5.74) is 2.59. The topological polar surface area (TPSA) is 155 Å². The van der Waals surface area contributed by atoms with E-state index in [1.807, 2.05) is 18.2 Å². The molecular formula is C33H38Cl2N8O5. The molecule has 1 fully saturated rings. The number of hydrogen-bond acceptors (Lipinski definition) is 8. The molecule has 5 rings (SSSR count). The zero-order valence-electron chi connectivity index (χ0n) is 26.5. The zero-order chi connectivity index (χ0) is 33.9. The van der Waals surface area contributed by atoms with Crippen molar-refractivity contribution in [3.05, 3.63) is 82.1 Å². The van der Waals surface area contributed by atoms with Gasteiger partial charge in [-0.05, 0) is 48.7 Å². The van der Waals surface area contributed by atoms with Crippen LogP contribution in [-0.2, 0) is 17.8 Å². The molecule has 2 aromatic carbocycles. The highest BCUT2D eigenvalue weighted by atomic mass is 35.5. The molecule has 1 aliphatic rings. The molecule has 2 aromatic heterocycles. The fourth-order valence-electron chi connectivity index (χ4n) is 4.90. The molecule has 0 saturated carbocycles. The normalized spacial score (nSPS) is 13.2. The summed E-state index contributed by atoms with van der Waals surface area (Å²) in [7, 11) is 0. The maximum Gasteiger partial charge on any atom is 0.324 e. The molecule has 48 heavy (non-hydrogen) atoms. The van der Waals surface area contributed by atoms with E-state index in [1.165, 1.54) is 6.20 Å². The summed E-state index contributed by atoms with van der Waals surface area (Å²) in [5, 5.41) is 25.4. The van der Waals surface area contributed by atoms with Crippen LogP contribution < -0.4 is 26.0 Å². The van der Waals surface area contributed by atoms with Gasteiger partial charge in [-0.1, -0.05) is 48.7 Å². The highest BCUT2D eigenvalue weighted by molar-refractivity contribution is 6.45. The molecule has 4 amide bonds. The van der Waals surface area contributed by atoms with Crippen molar-refractivity contribution in [2.24, 2.45) is 0 Å². The number of amides is 4. The van der Waals surface area contributed by atoms with Crippen LogP contribution >= 0.6 is 23.2 Å². The van der Waals surface area contributed by atoms with Crippen molar-refractivity contribution >= 4 is 52.6 Å². The molecule has 4 aromatic rings. The monoisotopic (exact) mass is 696 g/mol. The van der Waals surface area contributed by atoms with Crippen LogP contribution in [0.25, 0.3) is 5.69 Å². The van der Waals surface area contributed by atoms with Crippen molar-refractivity contribution in [2.75, 3.05) is 55.3 Å². The number of carbonyl (C=O) groups excluding carboxylic acids is 2. The molecule has 5 N–H and O–H groups in total. The van der Waals surface area contributed by atoms with E-state index in [1.54, 1.807) is 41.1 Å². The molecule has 15 heteroatoms. The van der Waals surface area contributed by atoms with Gasteiger partial charge in [-0.3, -0.25) is 15.5 Å². The number of halogens is 2. The predicted molar refractivity (Wildman–Crippen MR) is 186 cm³/mol. The molecule has 1 aliphatic heterocycles. The summed E-state index contributed by atoms with van der Waals surface area (Å²) >= 11 is 13.1. The summed E-state index contributed by atoms with van der Waals surface area (Å²) < 4.78 is 12.9. The van der Waals surface area contributed by atoms with E-state index in [0.717, 1.165) is 55.8 Å². The minimum atomic E-state index is -0.551. The molecule has 0 bridgehead atoms. The molecular weight excluding hydrogens is 659 g/mol. The summed E-state index contributed by atoms with van der Waals surface area (Å²) in [5.74, 6) is 1.36.